The number of esters is 1. The van der Waals surface area contributed by atoms with Gasteiger partial charge in [-0.3, -0.25) is 4.40 Å². The van der Waals surface area contributed by atoms with Gasteiger partial charge in [0.1, 0.15) is 0 Å². The third kappa shape index (κ3) is 3.88. The van der Waals surface area contributed by atoms with Crippen LogP contribution in [0.2, 0.25) is 0 Å². The van der Waals surface area contributed by atoms with Crippen molar-refractivity contribution in [2.45, 2.75) is 19.9 Å². The van der Waals surface area contributed by atoms with Crippen LogP contribution in [0.1, 0.15) is 23.7 Å². The number of carbonyl (C=O) groups excluding carboxylic acids is 1. The zero-order valence-corrected chi connectivity index (χ0v) is 14.0. The first kappa shape index (κ1) is 16.8. The topological polar surface area (TPSA) is 77.6 Å². The Balaban J connectivity index is 1.57. The normalized spacial score (nSPS) is 10.8. The molecule has 0 saturated heterocycles. The smallest absolute Gasteiger partial charge is 0.350 e. The summed E-state index contributed by atoms with van der Waals surface area (Å²) < 4.78 is 8.03. The van der Waals surface area contributed by atoms with Crippen molar-refractivity contribution in [1.82, 2.24) is 14.2 Å². The van der Waals surface area contributed by atoms with E-state index in [0.717, 1.165) is 12.1 Å². The summed E-state index contributed by atoms with van der Waals surface area (Å²) in [6.45, 7) is 3.37. The molecule has 0 aliphatic heterocycles. The standard InChI is InChI=1S/C18H20N4O3/c1-2-13-25-17(23)14-6-8-15(9-7-14)19-10-12-22-18(24)21-11-4-3-5-16(21)20-22/h3-9,11,19H,2,10,12-13H2,1H3. The van der Waals surface area contributed by atoms with Crippen molar-refractivity contribution in [3.8, 4) is 0 Å². The Bertz CT molecular complexity index is 912. The lowest BCUT2D eigenvalue weighted by atomic mass is 10.2. The summed E-state index contributed by atoms with van der Waals surface area (Å²) in [6, 6.07) is 12.5. The summed E-state index contributed by atoms with van der Waals surface area (Å²) in [5.41, 5.74) is 1.85. The number of hydrogen-bond acceptors (Lipinski definition) is 5. The molecule has 0 aliphatic carbocycles. The lowest BCUT2D eigenvalue weighted by Gasteiger charge is -2.07. The van der Waals surface area contributed by atoms with E-state index >= 15 is 0 Å². The Kier molecular flexibility index (Phi) is 5.13. The highest BCUT2D eigenvalue weighted by Crippen LogP contribution is 2.10. The van der Waals surface area contributed by atoms with Gasteiger partial charge in [-0.1, -0.05) is 13.0 Å². The van der Waals surface area contributed by atoms with Crippen molar-refractivity contribution in [2.75, 3.05) is 18.5 Å². The van der Waals surface area contributed by atoms with E-state index in [2.05, 4.69) is 10.4 Å². The summed E-state index contributed by atoms with van der Waals surface area (Å²) in [6.07, 6.45) is 2.50. The lowest BCUT2D eigenvalue weighted by Crippen LogP contribution is -2.24. The van der Waals surface area contributed by atoms with Gasteiger partial charge in [0.25, 0.3) is 0 Å². The fraction of sp³-hybridized carbons (Fsp3) is 0.278. The van der Waals surface area contributed by atoms with Gasteiger partial charge in [0.2, 0.25) is 0 Å². The van der Waals surface area contributed by atoms with Gasteiger partial charge in [0.15, 0.2) is 5.65 Å². The van der Waals surface area contributed by atoms with Gasteiger partial charge < -0.3 is 10.1 Å². The molecular weight excluding hydrogens is 320 g/mol. The van der Waals surface area contributed by atoms with E-state index in [4.69, 9.17) is 4.74 Å². The number of fused-ring (bicyclic) bond motifs is 1. The largest absolute Gasteiger partial charge is 0.462 e. The van der Waals surface area contributed by atoms with Crippen LogP contribution >= 0.6 is 0 Å². The maximum Gasteiger partial charge on any atom is 0.350 e. The number of pyridine rings is 1. The predicted molar refractivity (Wildman–Crippen MR) is 95.0 cm³/mol. The van der Waals surface area contributed by atoms with E-state index in [-0.39, 0.29) is 11.7 Å². The molecule has 0 spiro atoms. The van der Waals surface area contributed by atoms with E-state index in [1.807, 2.05) is 25.1 Å². The van der Waals surface area contributed by atoms with Crippen molar-refractivity contribution in [2.24, 2.45) is 0 Å². The van der Waals surface area contributed by atoms with Crippen LogP contribution in [0, 0.1) is 0 Å². The maximum absolute atomic E-state index is 12.2. The van der Waals surface area contributed by atoms with Crippen molar-refractivity contribution in [1.29, 1.82) is 0 Å². The van der Waals surface area contributed by atoms with Crippen LogP contribution in [0.5, 0.6) is 0 Å². The number of anilines is 1. The second kappa shape index (κ2) is 7.65. The number of nitrogens with one attached hydrogen (secondary N) is 1. The number of carbonyl (C=O) groups is 1. The summed E-state index contributed by atoms with van der Waals surface area (Å²) in [4.78, 5) is 23.9. The van der Waals surface area contributed by atoms with Gasteiger partial charge in [0, 0.05) is 18.4 Å². The van der Waals surface area contributed by atoms with Crippen molar-refractivity contribution >= 4 is 17.3 Å². The highest BCUT2D eigenvalue weighted by molar-refractivity contribution is 5.89. The van der Waals surface area contributed by atoms with Gasteiger partial charge in [-0.2, -0.15) is 0 Å². The Labute approximate surface area is 144 Å². The summed E-state index contributed by atoms with van der Waals surface area (Å²) in [5.74, 6) is -0.315. The quantitative estimate of drug-likeness (QED) is 0.667. The fourth-order valence-electron chi connectivity index (χ4n) is 2.42. The second-order valence-electron chi connectivity index (χ2n) is 5.57. The molecule has 1 aromatic carbocycles. The van der Waals surface area contributed by atoms with Crippen LogP contribution in [0.4, 0.5) is 5.69 Å². The number of aromatic nitrogens is 3. The number of ether oxygens (including phenoxy) is 1. The van der Waals surface area contributed by atoms with Gasteiger partial charge in [-0.05, 0) is 42.8 Å². The van der Waals surface area contributed by atoms with Gasteiger partial charge >= 0.3 is 11.7 Å². The Morgan fingerprint density at radius 1 is 1.20 bits per heavy atom. The van der Waals surface area contributed by atoms with Crippen LogP contribution in [0.15, 0.2) is 53.5 Å². The zero-order chi connectivity index (χ0) is 17.6. The number of nitrogens with zero attached hydrogens (tertiary/aromatic N) is 3. The molecular formula is C18H20N4O3. The van der Waals surface area contributed by atoms with Crippen LogP contribution in [0.3, 0.4) is 0 Å². The molecule has 0 amide bonds. The van der Waals surface area contributed by atoms with E-state index in [9.17, 15) is 9.59 Å². The minimum Gasteiger partial charge on any atom is -0.462 e. The van der Waals surface area contributed by atoms with Crippen LogP contribution < -0.4 is 11.0 Å². The van der Waals surface area contributed by atoms with E-state index in [0.29, 0.717) is 30.9 Å². The van der Waals surface area contributed by atoms with Crippen molar-refractivity contribution < 1.29 is 9.53 Å². The first-order chi connectivity index (χ1) is 12.2. The molecule has 0 fully saturated rings. The summed E-state index contributed by atoms with van der Waals surface area (Å²) in [7, 11) is 0. The molecule has 0 bridgehead atoms. The Morgan fingerprint density at radius 2 is 2.00 bits per heavy atom. The van der Waals surface area contributed by atoms with E-state index < -0.39 is 0 Å². The molecule has 3 aromatic rings. The molecule has 7 heteroatoms. The Morgan fingerprint density at radius 3 is 2.72 bits per heavy atom. The highest BCUT2D eigenvalue weighted by Gasteiger charge is 2.07. The first-order valence-electron chi connectivity index (χ1n) is 8.24. The lowest BCUT2D eigenvalue weighted by molar-refractivity contribution is 0.0505. The van der Waals surface area contributed by atoms with Gasteiger partial charge in [-0.25, -0.2) is 14.3 Å². The van der Waals surface area contributed by atoms with E-state index in [1.54, 1.807) is 30.5 Å². The molecule has 0 radical (unpaired) electrons. The molecule has 25 heavy (non-hydrogen) atoms. The highest BCUT2D eigenvalue weighted by atomic mass is 16.5. The van der Waals surface area contributed by atoms with Gasteiger partial charge in [0.05, 0.1) is 18.7 Å². The third-order valence-electron chi connectivity index (χ3n) is 3.70. The van der Waals surface area contributed by atoms with Gasteiger partial charge in [-0.15, -0.1) is 5.10 Å². The predicted octanol–water partition coefficient (Wildman–Crippen LogP) is 2.17. The van der Waals surface area contributed by atoms with E-state index in [1.165, 1.54) is 9.08 Å². The molecule has 0 aliphatic rings. The first-order valence-corrected chi connectivity index (χ1v) is 8.24. The monoisotopic (exact) mass is 340 g/mol. The molecule has 0 saturated carbocycles. The molecule has 2 aromatic heterocycles. The SMILES string of the molecule is CCCOC(=O)c1ccc(NCCn2nc3ccccn3c2=O)cc1. The minimum atomic E-state index is -0.315. The third-order valence-corrected chi connectivity index (χ3v) is 3.70. The fourth-order valence-corrected chi connectivity index (χ4v) is 2.42. The summed E-state index contributed by atoms with van der Waals surface area (Å²) in [5, 5.41) is 7.49. The number of hydrogen-bond donors (Lipinski definition) is 1. The van der Waals surface area contributed by atoms with Crippen LogP contribution in [-0.4, -0.2) is 33.3 Å². The molecule has 1 N–H and O–H groups in total. The van der Waals surface area contributed by atoms with Crippen LogP contribution in [-0.2, 0) is 11.3 Å². The Hall–Kier alpha value is -3.09. The molecule has 3 rings (SSSR count). The summed E-state index contributed by atoms with van der Waals surface area (Å²) >= 11 is 0. The van der Waals surface area contributed by atoms with Crippen LogP contribution in [0.25, 0.3) is 5.65 Å². The average molecular weight is 340 g/mol. The molecule has 0 atom stereocenters. The van der Waals surface area contributed by atoms with Crippen molar-refractivity contribution in [3.05, 3.63) is 64.7 Å². The maximum atomic E-state index is 12.2. The number of benzene rings is 1. The zero-order valence-electron chi connectivity index (χ0n) is 14.0. The average Bonchev–Trinajstić information content (AvgIpc) is 2.96. The molecule has 2 heterocycles. The molecule has 130 valence electrons. The molecule has 7 nitrogen and oxygen atoms in total. The minimum absolute atomic E-state index is 0.161. The number of rotatable bonds is 7. The second-order valence-corrected chi connectivity index (χ2v) is 5.57. The van der Waals surface area contributed by atoms with Crippen molar-refractivity contribution in [3.63, 3.8) is 0 Å². The molecule has 0 unspecified atom stereocenters.